The van der Waals surface area contributed by atoms with Crippen molar-refractivity contribution in [2.45, 2.75) is 33.2 Å². The summed E-state index contributed by atoms with van der Waals surface area (Å²) in [5.74, 6) is 2.34. The molecule has 0 aromatic carbocycles. The molecule has 2 atom stereocenters. The number of hydrogen-bond donors (Lipinski definition) is 2. The molecule has 2 aliphatic heterocycles. The largest absolute Gasteiger partial charge is 0.357 e. The molecule has 2 N–H and O–H groups in total. The average molecular weight is 564 g/mol. The fourth-order valence-corrected chi connectivity index (χ4v) is 4.47. The van der Waals surface area contributed by atoms with Crippen LogP contribution in [0.5, 0.6) is 0 Å². The first-order chi connectivity index (χ1) is 14.6. The molecule has 176 valence electrons. The van der Waals surface area contributed by atoms with E-state index in [1.165, 1.54) is 26.2 Å². The van der Waals surface area contributed by atoms with Gasteiger partial charge in [0.1, 0.15) is 5.82 Å². The lowest BCUT2D eigenvalue weighted by atomic mass is 10.1. The molecule has 3 heterocycles. The summed E-state index contributed by atoms with van der Waals surface area (Å²) >= 11 is 6.32. The van der Waals surface area contributed by atoms with Gasteiger partial charge in [0.05, 0.1) is 5.02 Å². The van der Waals surface area contributed by atoms with Gasteiger partial charge in [-0.05, 0) is 37.9 Å². The van der Waals surface area contributed by atoms with Crippen molar-refractivity contribution in [2.75, 3.05) is 70.3 Å². The van der Waals surface area contributed by atoms with Gasteiger partial charge in [-0.25, -0.2) is 4.98 Å². The van der Waals surface area contributed by atoms with Crippen LogP contribution < -0.4 is 15.5 Å². The van der Waals surface area contributed by atoms with E-state index < -0.39 is 0 Å². The lowest BCUT2D eigenvalue weighted by Gasteiger charge is -2.35. The summed E-state index contributed by atoms with van der Waals surface area (Å²) in [6, 6.07) is 4.12. The fourth-order valence-electron chi connectivity index (χ4n) is 4.23. The SMILES string of the molecule is CCNC(=NCC(C)CN1CCN(CC)CC1)NC1CCN(c2ncccc2Cl)C1.I. The third-order valence-corrected chi connectivity index (χ3v) is 6.25. The molecule has 31 heavy (non-hydrogen) atoms. The van der Waals surface area contributed by atoms with Crippen molar-refractivity contribution in [3.63, 3.8) is 0 Å². The highest BCUT2D eigenvalue weighted by Crippen LogP contribution is 2.25. The zero-order valence-electron chi connectivity index (χ0n) is 19.2. The number of nitrogens with one attached hydrogen (secondary N) is 2. The fraction of sp³-hybridized carbons (Fsp3) is 0.727. The Bertz CT molecular complexity index is 682. The van der Waals surface area contributed by atoms with Gasteiger partial charge in [0.2, 0.25) is 0 Å². The van der Waals surface area contributed by atoms with Crippen molar-refractivity contribution < 1.29 is 0 Å². The van der Waals surface area contributed by atoms with Gasteiger partial charge in [0.15, 0.2) is 5.96 Å². The van der Waals surface area contributed by atoms with E-state index in [-0.39, 0.29) is 24.0 Å². The Labute approximate surface area is 210 Å². The molecular weight excluding hydrogens is 525 g/mol. The normalized spacial score (nSPS) is 21.6. The molecule has 0 bridgehead atoms. The van der Waals surface area contributed by atoms with E-state index in [0.717, 1.165) is 57.5 Å². The lowest BCUT2D eigenvalue weighted by molar-refractivity contribution is 0.125. The lowest BCUT2D eigenvalue weighted by Crippen LogP contribution is -2.47. The van der Waals surface area contributed by atoms with Crippen LogP contribution in [0.2, 0.25) is 5.02 Å². The summed E-state index contributed by atoms with van der Waals surface area (Å²) in [5.41, 5.74) is 0. The Kier molecular flexibility index (Phi) is 11.6. The third-order valence-electron chi connectivity index (χ3n) is 5.95. The summed E-state index contributed by atoms with van der Waals surface area (Å²) in [6.07, 6.45) is 2.85. The van der Waals surface area contributed by atoms with Crippen molar-refractivity contribution in [1.29, 1.82) is 0 Å². The predicted octanol–water partition coefficient (Wildman–Crippen LogP) is 2.76. The van der Waals surface area contributed by atoms with Crippen LogP contribution in [0.15, 0.2) is 23.3 Å². The first kappa shape index (κ1) is 26.4. The first-order valence-electron chi connectivity index (χ1n) is 11.4. The van der Waals surface area contributed by atoms with Crippen molar-refractivity contribution in [1.82, 2.24) is 25.4 Å². The maximum atomic E-state index is 6.32. The van der Waals surface area contributed by atoms with E-state index >= 15 is 0 Å². The summed E-state index contributed by atoms with van der Waals surface area (Å²) in [7, 11) is 0. The van der Waals surface area contributed by atoms with E-state index in [0.29, 0.717) is 17.0 Å². The molecule has 0 saturated carbocycles. The van der Waals surface area contributed by atoms with Gasteiger partial charge in [-0.2, -0.15) is 0 Å². The molecule has 0 radical (unpaired) electrons. The third kappa shape index (κ3) is 8.22. The van der Waals surface area contributed by atoms with Crippen LogP contribution in [0.1, 0.15) is 27.2 Å². The number of halogens is 2. The van der Waals surface area contributed by atoms with Crippen LogP contribution in [0.4, 0.5) is 5.82 Å². The molecule has 2 saturated heterocycles. The van der Waals surface area contributed by atoms with E-state index in [4.69, 9.17) is 16.6 Å². The average Bonchev–Trinajstić information content (AvgIpc) is 3.21. The summed E-state index contributed by atoms with van der Waals surface area (Å²) in [5, 5.41) is 7.74. The summed E-state index contributed by atoms with van der Waals surface area (Å²) < 4.78 is 0. The molecule has 0 aliphatic carbocycles. The number of nitrogens with zero attached hydrogens (tertiary/aromatic N) is 5. The molecular formula is C22H39ClIN7. The Morgan fingerprint density at radius 3 is 2.65 bits per heavy atom. The van der Waals surface area contributed by atoms with Crippen LogP contribution in [0, 0.1) is 5.92 Å². The van der Waals surface area contributed by atoms with Crippen LogP contribution in [-0.4, -0.2) is 92.2 Å². The highest BCUT2D eigenvalue weighted by molar-refractivity contribution is 14.0. The number of aromatic nitrogens is 1. The minimum absolute atomic E-state index is 0. The van der Waals surface area contributed by atoms with Crippen LogP contribution in [-0.2, 0) is 0 Å². The zero-order chi connectivity index (χ0) is 21.3. The van der Waals surface area contributed by atoms with Gasteiger partial charge in [0, 0.05) is 71.1 Å². The Hall–Kier alpha value is -0.840. The van der Waals surface area contributed by atoms with Gasteiger partial charge in [-0.1, -0.05) is 25.4 Å². The Morgan fingerprint density at radius 2 is 1.97 bits per heavy atom. The van der Waals surface area contributed by atoms with Gasteiger partial charge in [-0.3, -0.25) is 4.99 Å². The quantitative estimate of drug-likeness (QED) is 0.288. The summed E-state index contributed by atoms with van der Waals surface area (Å²) in [6.45, 7) is 17.2. The standard InChI is InChI=1S/C22H38ClN7.HI/c1-4-24-22(26-15-18(3)16-29-13-11-28(5-2)12-14-29)27-19-8-10-30(17-19)21-20(23)7-6-9-25-21;/h6-7,9,18-19H,4-5,8,10-17H2,1-3H3,(H2,24,26,27);1H. The molecule has 2 aliphatic rings. The molecule has 1 aromatic rings. The van der Waals surface area contributed by atoms with Crippen LogP contribution in [0.3, 0.4) is 0 Å². The Morgan fingerprint density at radius 1 is 1.23 bits per heavy atom. The van der Waals surface area contributed by atoms with E-state index in [1.54, 1.807) is 6.20 Å². The van der Waals surface area contributed by atoms with E-state index in [2.05, 4.69) is 51.1 Å². The maximum Gasteiger partial charge on any atom is 0.191 e. The Balaban J connectivity index is 0.00000341. The van der Waals surface area contributed by atoms with Crippen molar-refractivity contribution in [2.24, 2.45) is 10.9 Å². The molecule has 1 aromatic heterocycles. The molecule has 2 fully saturated rings. The van der Waals surface area contributed by atoms with Crippen molar-refractivity contribution in [3.8, 4) is 0 Å². The predicted molar refractivity (Wildman–Crippen MR) is 142 cm³/mol. The number of pyridine rings is 1. The molecule has 2 unspecified atom stereocenters. The molecule has 9 heteroatoms. The molecule has 7 nitrogen and oxygen atoms in total. The summed E-state index contributed by atoms with van der Waals surface area (Å²) in [4.78, 5) is 16.7. The molecule has 0 spiro atoms. The number of anilines is 1. The zero-order valence-corrected chi connectivity index (χ0v) is 22.3. The second-order valence-corrected chi connectivity index (χ2v) is 8.85. The van der Waals surface area contributed by atoms with E-state index in [1.807, 2.05) is 12.1 Å². The number of piperazine rings is 1. The van der Waals surface area contributed by atoms with E-state index in [9.17, 15) is 0 Å². The van der Waals surface area contributed by atoms with Gasteiger partial charge in [-0.15, -0.1) is 24.0 Å². The van der Waals surface area contributed by atoms with Gasteiger partial charge >= 0.3 is 0 Å². The maximum absolute atomic E-state index is 6.32. The number of likely N-dealkylation sites (N-methyl/N-ethyl adjacent to an activating group) is 1. The number of aliphatic imine (C=N–C) groups is 1. The monoisotopic (exact) mass is 563 g/mol. The smallest absolute Gasteiger partial charge is 0.191 e. The highest BCUT2D eigenvalue weighted by Gasteiger charge is 2.25. The second-order valence-electron chi connectivity index (χ2n) is 8.44. The van der Waals surface area contributed by atoms with Crippen LogP contribution in [0.25, 0.3) is 0 Å². The minimum Gasteiger partial charge on any atom is -0.357 e. The van der Waals surface area contributed by atoms with Gasteiger partial charge in [0.25, 0.3) is 0 Å². The topological polar surface area (TPSA) is 59.0 Å². The van der Waals surface area contributed by atoms with Crippen molar-refractivity contribution in [3.05, 3.63) is 23.4 Å². The number of guanidine groups is 1. The highest BCUT2D eigenvalue weighted by atomic mass is 127. The number of rotatable bonds is 8. The first-order valence-corrected chi connectivity index (χ1v) is 11.8. The number of hydrogen-bond acceptors (Lipinski definition) is 5. The van der Waals surface area contributed by atoms with Crippen LogP contribution >= 0.6 is 35.6 Å². The minimum atomic E-state index is 0. The molecule has 3 rings (SSSR count). The second kappa shape index (κ2) is 13.6. The van der Waals surface area contributed by atoms with Crippen molar-refractivity contribution >= 4 is 47.4 Å². The molecule has 0 amide bonds. The van der Waals surface area contributed by atoms with Gasteiger partial charge < -0.3 is 25.3 Å².